The van der Waals surface area contributed by atoms with Gasteiger partial charge in [-0.15, -0.1) is 11.3 Å². The molecular weight excluding hydrogens is 452 g/mol. The molecule has 28 heavy (non-hydrogen) atoms. The molecule has 1 amide bonds. The van der Waals surface area contributed by atoms with Gasteiger partial charge in [0, 0.05) is 43.3 Å². The van der Waals surface area contributed by atoms with Crippen LogP contribution in [-0.4, -0.2) is 54.5 Å². The number of carbonyl (C=O) groups is 1. The molecule has 1 N–H and O–H groups in total. The van der Waals surface area contributed by atoms with Crippen molar-refractivity contribution in [3.8, 4) is 5.75 Å². The third-order valence-electron chi connectivity index (χ3n) is 4.69. The number of nitrogens with one attached hydrogen (secondary N) is 1. The molecule has 0 aliphatic carbocycles. The van der Waals surface area contributed by atoms with Gasteiger partial charge >= 0.3 is 6.61 Å². The standard InChI is InChI=1S/C19H22BrF2N3O2S/c1-13(18(26)23-14-2-4-15(5-3-14)27-19(21)22)25-10-8-24(9-11-25)12-16-6-7-17(20)28-16/h2-7,13,19H,8-12H2,1H3,(H,23,26). The second-order valence-corrected chi connectivity index (χ2v) is 9.13. The van der Waals surface area contributed by atoms with Crippen molar-refractivity contribution in [2.24, 2.45) is 0 Å². The van der Waals surface area contributed by atoms with Gasteiger partial charge in [-0.05, 0) is 59.3 Å². The van der Waals surface area contributed by atoms with E-state index in [-0.39, 0.29) is 17.7 Å². The number of piperazine rings is 1. The van der Waals surface area contributed by atoms with Gasteiger partial charge in [0.25, 0.3) is 0 Å². The molecule has 2 heterocycles. The van der Waals surface area contributed by atoms with Crippen LogP contribution in [0.3, 0.4) is 0 Å². The lowest BCUT2D eigenvalue weighted by Crippen LogP contribution is -2.52. The molecule has 2 aromatic rings. The van der Waals surface area contributed by atoms with Crippen LogP contribution < -0.4 is 10.1 Å². The van der Waals surface area contributed by atoms with E-state index in [0.717, 1.165) is 36.5 Å². The van der Waals surface area contributed by atoms with E-state index in [0.29, 0.717) is 5.69 Å². The van der Waals surface area contributed by atoms with Crippen molar-refractivity contribution >= 4 is 38.9 Å². The van der Waals surface area contributed by atoms with Gasteiger partial charge in [-0.25, -0.2) is 0 Å². The molecule has 0 radical (unpaired) electrons. The number of rotatable bonds is 7. The maximum absolute atomic E-state index is 12.5. The Morgan fingerprint density at radius 3 is 2.43 bits per heavy atom. The number of thiophene rings is 1. The Kier molecular flexibility index (Phi) is 7.39. The molecule has 5 nitrogen and oxygen atoms in total. The van der Waals surface area contributed by atoms with E-state index in [4.69, 9.17) is 0 Å². The van der Waals surface area contributed by atoms with Gasteiger partial charge in [0.05, 0.1) is 9.83 Å². The van der Waals surface area contributed by atoms with Gasteiger partial charge in [-0.1, -0.05) is 0 Å². The first-order valence-corrected chi connectivity index (χ1v) is 10.6. The first kappa shape index (κ1) is 21.2. The Bertz CT molecular complexity index is 780. The minimum Gasteiger partial charge on any atom is -0.435 e. The summed E-state index contributed by atoms with van der Waals surface area (Å²) < 4.78 is 29.8. The molecule has 1 aliphatic rings. The molecular formula is C19H22BrF2N3O2S. The third kappa shape index (κ3) is 5.97. The Balaban J connectivity index is 1.46. The van der Waals surface area contributed by atoms with Crippen LogP contribution in [0.4, 0.5) is 14.5 Å². The molecule has 0 saturated carbocycles. The highest BCUT2D eigenvalue weighted by molar-refractivity contribution is 9.11. The molecule has 1 saturated heterocycles. The van der Waals surface area contributed by atoms with Crippen LogP contribution in [0.15, 0.2) is 40.2 Å². The number of amides is 1. The highest BCUT2D eigenvalue weighted by Crippen LogP contribution is 2.24. The van der Waals surface area contributed by atoms with E-state index in [1.54, 1.807) is 23.5 Å². The maximum Gasteiger partial charge on any atom is 0.387 e. The second kappa shape index (κ2) is 9.78. The summed E-state index contributed by atoms with van der Waals surface area (Å²) in [6, 6.07) is 9.86. The Morgan fingerprint density at radius 2 is 1.86 bits per heavy atom. The number of carbonyl (C=O) groups excluding carboxylic acids is 1. The number of halogens is 3. The zero-order valence-electron chi connectivity index (χ0n) is 15.4. The van der Waals surface area contributed by atoms with Crippen LogP contribution in [0.2, 0.25) is 0 Å². The quantitative estimate of drug-likeness (QED) is 0.652. The van der Waals surface area contributed by atoms with Crippen LogP contribution in [-0.2, 0) is 11.3 Å². The summed E-state index contributed by atoms with van der Waals surface area (Å²) in [5.74, 6) is -0.0481. The van der Waals surface area contributed by atoms with Crippen LogP contribution in [0.5, 0.6) is 5.75 Å². The van der Waals surface area contributed by atoms with E-state index < -0.39 is 6.61 Å². The fourth-order valence-corrected chi connectivity index (χ4v) is 4.62. The van der Waals surface area contributed by atoms with E-state index in [9.17, 15) is 13.6 Å². The maximum atomic E-state index is 12.5. The summed E-state index contributed by atoms with van der Waals surface area (Å²) in [4.78, 5) is 18.4. The first-order valence-electron chi connectivity index (χ1n) is 8.97. The van der Waals surface area contributed by atoms with E-state index >= 15 is 0 Å². The van der Waals surface area contributed by atoms with Gasteiger partial charge in [-0.2, -0.15) is 8.78 Å². The minimum absolute atomic E-state index is 0.0648. The van der Waals surface area contributed by atoms with Crippen molar-refractivity contribution in [3.05, 3.63) is 45.1 Å². The van der Waals surface area contributed by atoms with Gasteiger partial charge in [0.2, 0.25) is 5.91 Å². The summed E-state index contributed by atoms with van der Waals surface area (Å²) in [6.45, 7) is 3.41. The molecule has 1 aromatic heterocycles. The van der Waals surface area contributed by atoms with E-state index in [1.165, 1.54) is 17.0 Å². The summed E-state index contributed by atoms with van der Waals surface area (Å²) >= 11 is 5.24. The number of nitrogens with zero attached hydrogens (tertiary/aromatic N) is 2. The number of hydrogen-bond donors (Lipinski definition) is 1. The minimum atomic E-state index is -2.86. The van der Waals surface area contributed by atoms with Gasteiger partial charge < -0.3 is 10.1 Å². The van der Waals surface area contributed by atoms with Crippen LogP contribution in [0, 0.1) is 0 Å². The van der Waals surface area contributed by atoms with Crippen LogP contribution in [0.25, 0.3) is 0 Å². The van der Waals surface area contributed by atoms with Crippen LogP contribution in [0.1, 0.15) is 11.8 Å². The zero-order valence-corrected chi connectivity index (χ0v) is 17.8. The van der Waals surface area contributed by atoms with E-state index in [2.05, 4.69) is 47.9 Å². The normalized spacial score (nSPS) is 16.9. The lowest BCUT2D eigenvalue weighted by molar-refractivity contribution is -0.121. The number of alkyl halides is 2. The smallest absolute Gasteiger partial charge is 0.387 e. The predicted octanol–water partition coefficient (Wildman–Crippen LogP) is 4.26. The highest BCUT2D eigenvalue weighted by Gasteiger charge is 2.25. The van der Waals surface area contributed by atoms with Gasteiger partial charge in [0.1, 0.15) is 5.75 Å². The van der Waals surface area contributed by atoms with Crippen molar-refractivity contribution in [2.45, 2.75) is 26.1 Å². The monoisotopic (exact) mass is 473 g/mol. The summed E-state index contributed by atoms with van der Waals surface area (Å²) in [5, 5.41) is 2.83. The number of benzene rings is 1. The Morgan fingerprint density at radius 1 is 1.18 bits per heavy atom. The molecule has 1 fully saturated rings. The fraction of sp³-hybridized carbons (Fsp3) is 0.421. The van der Waals surface area contributed by atoms with Crippen molar-refractivity contribution in [2.75, 3.05) is 31.5 Å². The molecule has 1 aliphatic heterocycles. The summed E-state index contributed by atoms with van der Waals surface area (Å²) in [7, 11) is 0. The van der Waals surface area contributed by atoms with Crippen molar-refractivity contribution in [1.82, 2.24) is 9.80 Å². The Hall–Kier alpha value is -1.55. The number of ether oxygens (including phenoxy) is 1. The van der Waals surface area contributed by atoms with Crippen molar-refractivity contribution in [3.63, 3.8) is 0 Å². The molecule has 152 valence electrons. The number of anilines is 1. The Labute approximate surface area is 175 Å². The van der Waals surface area contributed by atoms with Gasteiger partial charge in [-0.3, -0.25) is 14.6 Å². The topological polar surface area (TPSA) is 44.8 Å². The molecule has 1 atom stereocenters. The average Bonchev–Trinajstić information content (AvgIpc) is 3.07. The van der Waals surface area contributed by atoms with E-state index in [1.807, 2.05) is 6.92 Å². The third-order valence-corrected chi connectivity index (χ3v) is 6.30. The number of hydrogen-bond acceptors (Lipinski definition) is 5. The lowest BCUT2D eigenvalue weighted by Gasteiger charge is -2.37. The summed E-state index contributed by atoms with van der Waals surface area (Å²) in [6.07, 6.45) is 0. The molecule has 1 aromatic carbocycles. The molecule has 0 bridgehead atoms. The zero-order chi connectivity index (χ0) is 20.1. The van der Waals surface area contributed by atoms with Crippen molar-refractivity contribution in [1.29, 1.82) is 0 Å². The first-order chi connectivity index (χ1) is 13.4. The predicted molar refractivity (Wildman–Crippen MR) is 110 cm³/mol. The largest absolute Gasteiger partial charge is 0.435 e. The lowest BCUT2D eigenvalue weighted by atomic mass is 10.2. The molecule has 0 spiro atoms. The fourth-order valence-electron chi connectivity index (χ4n) is 3.10. The molecule has 3 rings (SSSR count). The second-order valence-electron chi connectivity index (χ2n) is 6.59. The average molecular weight is 474 g/mol. The van der Waals surface area contributed by atoms with Crippen molar-refractivity contribution < 1.29 is 18.3 Å². The molecule has 9 heteroatoms. The SMILES string of the molecule is CC(C(=O)Nc1ccc(OC(F)F)cc1)N1CCN(Cc2ccc(Br)s2)CC1. The molecule has 1 unspecified atom stereocenters. The van der Waals surface area contributed by atoms with Crippen LogP contribution >= 0.6 is 27.3 Å². The highest BCUT2D eigenvalue weighted by atomic mass is 79.9. The summed E-state index contributed by atoms with van der Waals surface area (Å²) in [5.41, 5.74) is 0.556. The van der Waals surface area contributed by atoms with Gasteiger partial charge in [0.15, 0.2) is 0 Å².